The molecule has 45 heavy (non-hydrogen) atoms. The number of hydrogen-bond acceptors (Lipinski definition) is 8. The van der Waals surface area contributed by atoms with Crippen LogP contribution in [-0.2, 0) is 15.7 Å². The van der Waals surface area contributed by atoms with Crippen molar-refractivity contribution in [3.05, 3.63) is 76.0 Å². The SMILES string of the molecule is COc1ccc(OC)c(C2CC(c3cccs3)=NN2C(=O)CN(CCN2CCOCC2)C(=O)Nc2ccc(C(F)(F)F)cc2)c1. The maximum absolute atomic E-state index is 14.0. The van der Waals surface area contributed by atoms with Gasteiger partial charge >= 0.3 is 12.2 Å². The highest BCUT2D eigenvalue weighted by Gasteiger charge is 2.37. The van der Waals surface area contributed by atoms with Crippen LogP contribution in [0.1, 0.15) is 28.5 Å². The maximum atomic E-state index is 14.0. The van der Waals surface area contributed by atoms with Crippen molar-refractivity contribution >= 4 is 34.7 Å². The average Bonchev–Trinajstić information content (AvgIpc) is 3.74. The number of urea groups is 1. The molecule has 2 aliphatic rings. The van der Waals surface area contributed by atoms with E-state index in [9.17, 15) is 22.8 Å². The number of benzene rings is 2. The van der Waals surface area contributed by atoms with E-state index in [0.29, 0.717) is 56.3 Å². The van der Waals surface area contributed by atoms with Gasteiger partial charge in [0.15, 0.2) is 0 Å². The molecule has 1 unspecified atom stereocenters. The number of rotatable bonds is 10. The molecular formula is C31H34F3N5O5S. The number of anilines is 1. The summed E-state index contributed by atoms with van der Waals surface area (Å²) in [7, 11) is 3.10. The summed E-state index contributed by atoms with van der Waals surface area (Å²) in [4.78, 5) is 32.0. The van der Waals surface area contributed by atoms with Crippen LogP contribution in [0.25, 0.3) is 0 Å². The van der Waals surface area contributed by atoms with E-state index in [1.807, 2.05) is 23.6 Å². The smallest absolute Gasteiger partial charge is 0.416 e. The summed E-state index contributed by atoms with van der Waals surface area (Å²) in [6.45, 7) is 2.85. The molecular weight excluding hydrogens is 611 g/mol. The van der Waals surface area contributed by atoms with Crippen molar-refractivity contribution in [2.24, 2.45) is 5.10 Å². The van der Waals surface area contributed by atoms with Gasteiger partial charge in [-0.25, -0.2) is 9.80 Å². The molecule has 2 aromatic carbocycles. The minimum absolute atomic E-state index is 0.176. The van der Waals surface area contributed by atoms with Gasteiger partial charge in [0.05, 0.1) is 49.6 Å². The molecule has 0 bridgehead atoms. The Morgan fingerprint density at radius 1 is 1.09 bits per heavy atom. The van der Waals surface area contributed by atoms with Crippen LogP contribution >= 0.6 is 11.3 Å². The fourth-order valence-corrected chi connectivity index (χ4v) is 5.92. The van der Waals surface area contributed by atoms with Crippen molar-refractivity contribution in [2.45, 2.75) is 18.6 Å². The van der Waals surface area contributed by atoms with Crippen LogP contribution in [0.5, 0.6) is 11.5 Å². The monoisotopic (exact) mass is 645 g/mol. The Hall–Kier alpha value is -4.14. The first kappa shape index (κ1) is 32.3. The van der Waals surface area contributed by atoms with Crippen molar-refractivity contribution in [3.8, 4) is 11.5 Å². The van der Waals surface area contributed by atoms with Crippen LogP contribution < -0.4 is 14.8 Å². The van der Waals surface area contributed by atoms with Gasteiger partial charge in [-0.05, 0) is 53.9 Å². The van der Waals surface area contributed by atoms with E-state index in [0.717, 1.165) is 22.7 Å². The number of carbonyl (C=O) groups excluding carboxylic acids is 2. The highest BCUT2D eigenvalue weighted by atomic mass is 32.1. The summed E-state index contributed by atoms with van der Waals surface area (Å²) in [6.07, 6.45) is -4.08. The molecule has 14 heteroatoms. The number of nitrogens with zero attached hydrogens (tertiary/aromatic N) is 4. The number of thiophene rings is 1. The van der Waals surface area contributed by atoms with E-state index >= 15 is 0 Å². The van der Waals surface area contributed by atoms with Crippen LogP contribution in [-0.4, -0.2) is 92.6 Å². The standard InChI is InChI=1S/C31H34F3N5O5S/c1-42-23-9-10-27(43-2)24(18-23)26-19-25(28-4-3-17-45-28)36-39(26)29(40)20-38(12-11-37-13-15-44-16-14-37)30(41)35-22-7-5-21(6-8-22)31(32,33)34/h3-10,17-18,26H,11-16,19-20H2,1-2H3,(H,35,41). The maximum Gasteiger partial charge on any atom is 0.416 e. The predicted molar refractivity (Wildman–Crippen MR) is 164 cm³/mol. The van der Waals surface area contributed by atoms with E-state index in [1.54, 1.807) is 26.4 Å². The number of amides is 3. The van der Waals surface area contributed by atoms with E-state index < -0.39 is 29.7 Å². The van der Waals surface area contributed by atoms with Gasteiger partial charge in [0.2, 0.25) is 0 Å². The Kier molecular flexibility index (Phi) is 10.3. The zero-order valence-electron chi connectivity index (χ0n) is 24.9. The van der Waals surface area contributed by atoms with Crippen LogP contribution in [0.15, 0.2) is 65.1 Å². The zero-order valence-corrected chi connectivity index (χ0v) is 25.7. The first-order valence-electron chi connectivity index (χ1n) is 14.3. The summed E-state index contributed by atoms with van der Waals surface area (Å²) in [5.41, 5.74) is 0.777. The molecule has 1 N–H and O–H groups in total. The van der Waals surface area contributed by atoms with Crippen LogP contribution in [0.2, 0.25) is 0 Å². The highest BCUT2D eigenvalue weighted by molar-refractivity contribution is 7.12. The summed E-state index contributed by atoms with van der Waals surface area (Å²) < 4.78 is 55.7. The molecule has 3 aromatic rings. The fourth-order valence-electron chi connectivity index (χ4n) is 5.19. The number of nitrogens with one attached hydrogen (secondary N) is 1. The molecule has 3 amide bonds. The number of morpholine rings is 1. The minimum Gasteiger partial charge on any atom is -0.497 e. The molecule has 0 saturated carbocycles. The fraction of sp³-hybridized carbons (Fsp3) is 0.387. The summed E-state index contributed by atoms with van der Waals surface area (Å²) in [5.74, 6) is 0.720. The normalized spacial score (nSPS) is 17.1. The second-order valence-corrected chi connectivity index (χ2v) is 11.4. The Morgan fingerprint density at radius 2 is 1.84 bits per heavy atom. The molecule has 1 fully saturated rings. The molecule has 1 aromatic heterocycles. The molecule has 1 atom stereocenters. The van der Waals surface area contributed by atoms with Gasteiger partial charge in [-0.2, -0.15) is 18.3 Å². The molecule has 2 aliphatic heterocycles. The molecule has 0 aliphatic carbocycles. The number of carbonyl (C=O) groups is 2. The van der Waals surface area contributed by atoms with E-state index in [-0.39, 0.29) is 18.8 Å². The predicted octanol–water partition coefficient (Wildman–Crippen LogP) is 5.33. The quantitative estimate of drug-likeness (QED) is 0.321. The number of hydrazone groups is 1. The number of alkyl halides is 3. The Bertz CT molecular complexity index is 1490. The van der Waals surface area contributed by atoms with Gasteiger partial charge in [-0.15, -0.1) is 11.3 Å². The number of halogens is 3. The van der Waals surface area contributed by atoms with Crippen molar-refractivity contribution in [1.82, 2.24) is 14.8 Å². The van der Waals surface area contributed by atoms with Gasteiger partial charge in [0.25, 0.3) is 5.91 Å². The minimum atomic E-state index is -4.50. The lowest BCUT2D eigenvalue weighted by Crippen LogP contribution is -2.47. The first-order valence-corrected chi connectivity index (χ1v) is 15.2. The number of methoxy groups -OCH3 is 2. The lowest BCUT2D eigenvalue weighted by molar-refractivity contribution is -0.137. The van der Waals surface area contributed by atoms with Crippen LogP contribution in [0, 0.1) is 0 Å². The highest BCUT2D eigenvalue weighted by Crippen LogP contribution is 2.40. The van der Waals surface area contributed by atoms with Crippen molar-refractivity contribution in [1.29, 1.82) is 0 Å². The zero-order chi connectivity index (χ0) is 32.0. The molecule has 3 heterocycles. The van der Waals surface area contributed by atoms with E-state index in [1.165, 1.54) is 33.4 Å². The van der Waals surface area contributed by atoms with Gasteiger partial charge in [-0.1, -0.05) is 6.07 Å². The third-order valence-electron chi connectivity index (χ3n) is 7.63. The van der Waals surface area contributed by atoms with Crippen LogP contribution in [0.4, 0.5) is 23.7 Å². The van der Waals surface area contributed by atoms with Gasteiger partial charge in [0.1, 0.15) is 18.0 Å². The molecule has 10 nitrogen and oxygen atoms in total. The second-order valence-electron chi connectivity index (χ2n) is 10.5. The Labute approximate surface area is 263 Å². The molecule has 1 saturated heterocycles. The molecule has 5 rings (SSSR count). The van der Waals surface area contributed by atoms with Gasteiger partial charge in [0, 0.05) is 43.9 Å². The lowest BCUT2D eigenvalue weighted by atomic mass is 9.99. The van der Waals surface area contributed by atoms with Gasteiger partial charge < -0.3 is 24.4 Å². The number of ether oxygens (including phenoxy) is 3. The molecule has 240 valence electrons. The Morgan fingerprint density at radius 3 is 2.49 bits per heavy atom. The summed E-state index contributed by atoms with van der Waals surface area (Å²) in [6, 6.07) is 12.2. The van der Waals surface area contributed by atoms with E-state index in [4.69, 9.17) is 19.3 Å². The van der Waals surface area contributed by atoms with Gasteiger partial charge in [-0.3, -0.25) is 9.69 Å². The largest absolute Gasteiger partial charge is 0.497 e. The number of hydrogen-bond donors (Lipinski definition) is 1. The van der Waals surface area contributed by atoms with Crippen molar-refractivity contribution < 1.29 is 37.0 Å². The summed E-state index contributed by atoms with van der Waals surface area (Å²) >= 11 is 1.51. The first-order chi connectivity index (χ1) is 21.7. The average molecular weight is 646 g/mol. The van der Waals surface area contributed by atoms with Crippen molar-refractivity contribution in [2.75, 3.05) is 65.5 Å². The van der Waals surface area contributed by atoms with Crippen LogP contribution in [0.3, 0.4) is 0 Å². The lowest BCUT2D eigenvalue weighted by Gasteiger charge is -2.31. The third kappa shape index (κ3) is 7.93. The molecule has 0 radical (unpaired) electrons. The Balaban J connectivity index is 1.40. The van der Waals surface area contributed by atoms with E-state index in [2.05, 4.69) is 10.2 Å². The van der Waals surface area contributed by atoms with Crippen molar-refractivity contribution in [3.63, 3.8) is 0 Å². The second kappa shape index (κ2) is 14.3. The third-order valence-corrected chi connectivity index (χ3v) is 8.55. The molecule has 0 spiro atoms. The topological polar surface area (TPSA) is 95.9 Å². The summed E-state index contributed by atoms with van der Waals surface area (Å²) in [5, 5.41) is 10.7.